The zero-order valence-corrected chi connectivity index (χ0v) is 18.1. The predicted octanol–water partition coefficient (Wildman–Crippen LogP) is 4.92. The highest BCUT2D eigenvalue weighted by atomic mass is 19.1. The Morgan fingerprint density at radius 3 is 2.52 bits per heavy atom. The molecule has 0 spiro atoms. The number of anilines is 2. The van der Waals surface area contributed by atoms with Crippen molar-refractivity contribution in [1.82, 2.24) is 0 Å². The molecule has 2 amide bonds. The minimum atomic E-state index is -0.677. The summed E-state index contributed by atoms with van der Waals surface area (Å²) in [5.74, 6) is -0.417. The quantitative estimate of drug-likeness (QED) is 0.584. The summed E-state index contributed by atoms with van der Waals surface area (Å²) in [5.41, 5.74) is 1.70. The Morgan fingerprint density at radius 1 is 1.00 bits per heavy atom. The van der Waals surface area contributed by atoms with Gasteiger partial charge in [0.05, 0.1) is 5.56 Å². The number of carbonyl (C=O) groups is 2. The summed E-state index contributed by atoms with van der Waals surface area (Å²) in [5, 5.41) is 2.58. The zero-order valence-electron chi connectivity index (χ0n) is 18.1. The molecule has 33 heavy (non-hydrogen) atoms. The van der Waals surface area contributed by atoms with E-state index in [1.807, 2.05) is 42.5 Å². The smallest absolute Gasteiger partial charge is 0.261 e. The standard InChI is InChI=1S/C26H23FN2O4/c1-18(30)28-20-9-11-23(27)22(16-20)26(31)29(13-5-8-19-6-3-2-4-7-19)21-10-12-24-25(17-21)33-15-14-32-24/h2-12,16-17H,13-15H2,1H3,(H,28,30). The normalized spacial score (nSPS) is 12.4. The summed E-state index contributed by atoms with van der Waals surface area (Å²) >= 11 is 0. The second kappa shape index (κ2) is 9.99. The summed E-state index contributed by atoms with van der Waals surface area (Å²) in [6.45, 7) is 2.40. The van der Waals surface area contributed by atoms with Gasteiger partial charge in [0.2, 0.25) is 5.91 Å². The molecule has 4 rings (SSSR count). The summed E-state index contributed by atoms with van der Waals surface area (Å²) in [4.78, 5) is 26.3. The molecule has 0 atom stereocenters. The Balaban J connectivity index is 1.68. The van der Waals surface area contributed by atoms with Gasteiger partial charge in [0.15, 0.2) is 11.5 Å². The molecule has 1 aliphatic heterocycles. The van der Waals surface area contributed by atoms with E-state index in [0.29, 0.717) is 36.1 Å². The zero-order chi connectivity index (χ0) is 23.2. The van der Waals surface area contributed by atoms with Gasteiger partial charge in [0, 0.05) is 30.9 Å². The van der Waals surface area contributed by atoms with Crippen LogP contribution in [0.4, 0.5) is 15.8 Å². The number of carbonyl (C=O) groups excluding carboxylic acids is 2. The monoisotopic (exact) mass is 446 g/mol. The van der Waals surface area contributed by atoms with Crippen LogP contribution in [0.25, 0.3) is 6.08 Å². The van der Waals surface area contributed by atoms with Gasteiger partial charge in [-0.2, -0.15) is 0 Å². The Hall–Kier alpha value is -4.13. The number of nitrogens with zero attached hydrogens (tertiary/aromatic N) is 1. The van der Waals surface area contributed by atoms with Gasteiger partial charge in [-0.05, 0) is 35.9 Å². The minimum Gasteiger partial charge on any atom is -0.486 e. The van der Waals surface area contributed by atoms with E-state index in [4.69, 9.17) is 9.47 Å². The first-order valence-electron chi connectivity index (χ1n) is 10.5. The van der Waals surface area contributed by atoms with E-state index in [9.17, 15) is 14.0 Å². The fourth-order valence-electron chi connectivity index (χ4n) is 3.48. The van der Waals surface area contributed by atoms with Crippen molar-refractivity contribution in [3.63, 3.8) is 0 Å². The van der Waals surface area contributed by atoms with E-state index in [1.165, 1.54) is 30.0 Å². The minimum absolute atomic E-state index is 0.149. The van der Waals surface area contributed by atoms with E-state index < -0.39 is 11.7 Å². The molecule has 0 fully saturated rings. The lowest BCUT2D eigenvalue weighted by Gasteiger charge is -2.25. The van der Waals surface area contributed by atoms with Crippen molar-refractivity contribution in [3.8, 4) is 11.5 Å². The summed E-state index contributed by atoms with van der Waals surface area (Å²) in [6, 6.07) is 18.8. The first-order valence-corrected chi connectivity index (χ1v) is 10.5. The molecular weight excluding hydrogens is 423 g/mol. The lowest BCUT2D eigenvalue weighted by molar-refractivity contribution is -0.114. The average Bonchev–Trinajstić information content (AvgIpc) is 2.83. The first-order chi connectivity index (χ1) is 16.0. The summed E-state index contributed by atoms with van der Waals surface area (Å²) < 4.78 is 25.9. The van der Waals surface area contributed by atoms with Crippen molar-refractivity contribution >= 4 is 29.3 Å². The molecule has 0 aliphatic carbocycles. The van der Waals surface area contributed by atoms with Crippen LogP contribution in [0.15, 0.2) is 72.8 Å². The topological polar surface area (TPSA) is 67.9 Å². The van der Waals surface area contributed by atoms with Crippen molar-refractivity contribution in [2.45, 2.75) is 6.92 Å². The van der Waals surface area contributed by atoms with Gasteiger partial charge in [-0.3, -0.25) is 9.59 Å². The maximum Gasteiger partial charge on any atom is 0.261 e. The highest BCUT2D eigenvalue weighted by Crippen LogP contribution is 2.34. The molecule has 6 nitrogen and oxygen atoms in total. The van der Waals surface area contributed by atoms with Gasteiger partial charge in [-0.15, -0.1) is 0 Å². The van der Waals surface area contributed by atoms with Crippen LogP contribution in [0.1, 0.15) is 22.8 Å². The van der Waals surface area contributed by atoms with Crippen LogP contribution in [-0.4, -0.2) is 31.6 Å². The van der Waals surface area contributed by atoms with Crippen LogP contribution in [0.3, 0.4) is 0 Å². The van der Waals surface area contributed by atoms with Crippen LogP contribution in [0.5, 0.6) is 11.5 Å². The number of ether oxygens (including phenoxy) is 2. The number of hydrogen-bond donors (Lipinski definition) is 1. The van der Waals surface area contributed by atoms with Crippen molar-refractivity contribution in [1.29, 1.82) is 0 Å². The Labute approximate surface area is 191 Å². The Kier molecular flexibility index (Phi) is 6.69. The fourth-order valence-corrected chi connectivity index (χ4v) is 3.48. The van der Waals surface area contributed by atoms with E-state index in [-0.39, 0.29) is 18.0 Å². The lowest BCUT2D eigenvalue weighted by atomic mass is 10.1. The van der Waals surface area contributed by atoms with E-state index in [2.05, 4.69) is 5.32 Å². The van der Waals surface area contributed by atoms with Gasteiger partial charge in [0.25, 0.3) is 5.91 Å². The van der Waals surface area contributed by atoms with Crippen LogP contribution in [-0.2, 0) is 4.79 Å². The second-order valence-corrected chi connectivity index (χ2v) is 7.43. The molecule has 0 saturated heterocycles. The highest BCUT2D eigenvalue weighted by Gasteiger charge is 2.23. The molecule has 1 heterocycles. The number of hydrogen-bond acceptors (Lipinski definition) is 4. The van der Waals surface area contributed by atoms with Gasteiger partial charge < -0.3 is 19.7 Å². The number of nitrogens with one attached hydrogen (secondary N) is 1. The Morgan fingerprint density at radius 2 is 1.76 bits per heavy atom. The molecule has 7 heteroatoms. The third kappa shape index (κ3) is 5.38. The van der Waals surface area contributed by atoms with Gasteiger partial charge >= 0.3 is 0 Å². The number of amides is 2. The molecule has 0 aromatic heterocycles. The van der Waals surface area contributed by atoms with Crippen LogP contribution in [0, 0.1) is 5.82 Å². The number of halogens is 1. The molecule has 0 radical (unpaired) electrons. The Bertz CT molecular complexity index is 1190. The maximum absolute atomic E-state index is 14.7. The fraction of sp³-hybridized carbons (Fsp3) is 0.154. The third-order valence-electron chi connectivity index (χ3n) is 5.00. The van der Waals surface area contributed by atoms with Gasteiger partial charge in [-0.25, -0.2) is 4.39 Å². The average molecular weight is 446 g/mol. The van der Waals surface area contributed by atoms with Crippen LogP contribution in [0.2, 0.25) is 0 Å². The summed E-state index contributed by atoms with van der Waals surface area (Å²) in [6.07, 6.45) is 3.72. The molecule has 3 aromatic rings. The van der Waals surface area contributed by atoms with E-state index in [0.717, 1.165) is 5.56 Å². The van der Waals surface area contributed by atoms with E-state index in [1.54, 1.807) is 18.2 Å². The maximum atomic E-state index is 14.7. The first kappa shape index (κ1) is 22.1. The molecular formula is C26H23FN2O4. The molecule has 3 aromatic carbocycles. The van der Waals surface area contributed by atoms with Crippen molar-refractivity contribution in [2.75, 3.05) is 30.0 Å². The molecule has 1 aliphatic rings. The predicted molar refractivity (Wildman–Crippen MR) is 125 cm³/mol. The number of rotatable bonds is 6. The number of benzene rings is 3. The second-order valence-electron chi connectivity index (χ2n) is 7.43. The van der Waals surface area contributed by atoms with Crippen molar-refractivity contribution < 1.29 is 23.5 Å². The SMILES string of the molecule is CC(=O)Nc1ccc(F)c(C(=O)N(CC=Cc2ccccc2)c2ccc3c(c2)OCCO3)c1. The summed E-state index contributed by atoms with van der Waals surface area (Å²) in [7, 11) is 0. The molecule has 0 bridgehead atoms. The van der Waals surface area contributed by atoms with Gasteiger partial charge in [-0.1, -0.05) is 42.5 Å². The largest absolute Gasteiger partial charge is 0.486 e. The van der Waals surface area contributed by atoms with Crippen LogP contribution >= 0.6 is 0 Å². The third-order valence-corrected chi connectivity index (χ3v) is 5.00. The molecule has 1 N–H and O–H groups in total. The van der Waals surface area contributed by atoms with Crippen molar-refractivity contribution in [3.05, 3.63) is 89.8 Å². The van der Waals surface area contributed by atoms with Gasteiger partial charge in [0.1, 0.15) is 19.0 Å². The molecule has 0 saturated carbocycles. The molecule has 0 unspecified atom stereocenters. The molecule has 168 valence electrons. The lowest BCUT2D eigenvalue weighted by Crippen LogP contribution is -2.32. The van der Waals surface area contributed by atoms with E-state index >= 15 is 0 Å². The van der Waals surface area contributed by atoms with Crippen LogP contribution < -0.4 is 19.7 Å². The number of fused-ring (bicyclic) bond motifs is 1. The van der Waals surface area contributed by atoms with Crippen molar-refractivity contribution in [2.24, 2.45) is 0 Å². The highest BCUT2D eigenvalue weighted by molar-refractivity contribution is 6.07.